The summed E-state index contributed by atoms with van der Waals surface area (Å²) < 4.78 is 104. The molecule has 0 aliphatic carbocycles. The average molecular weight is 591 g/mol. The second-order valence-electron chi connectivity index (χ2n) is 1.22. The van der Waals surface area contributed by atoms with E-state index in [4.69, 9.17) is 42.9 Å². The van der Waals surface area contributed by atoms with Crippen molar-refractivity contribution < 1.29 is 127 Å². The molecule has 17 heavy (non-hydrogen) atoms. The van der Waals surface area contributed by atoms with Crippen LogP contribution in [-0.2, 0) is 105 Å². The molecule has 0 aliphatic rings. The van der Waals surface area contributed by atoms with E-state index in [1.54, 1.807) is 0 Å². The minimum atomic E-state index is -6.02. The molecule has 0 N–H and O–H groups in total. The summed E-state index contributed by atoms with van der Waals surface area (Å²) in [6.45, 7) is 0. The summed E-state index contributed by atoms with van der Waals surface area (Å²) in [4.78, 5) is 0. The molecule has 0 aromatic carbocycles. The monoisotopic (exact) mass is 598 g/mol. The number of hydrogen-bond donors (Lipinski definition) is 0. The van der Waals surface area contributed by atoms with Gasteiger partial charge in [0.15, 0.2) is 0 Å². The Bertz CT molecular complexity index is 341. The molecule has 0 aromatic heterocycles. The predicted octanol–water partition coefficient (Wildman–Crippen LogP) is -7.86. The van der Waals surface area contributed by atoms with Crippen molar-refractivity contribution in [3.63, 3.8) is 0 Å². The minimum absolute atomic E-state index is 0. The predicted molar refractivity (Wildman–Crippen MR) is 4.12 cm³/mol. The van der Waals surface area contributed by atoms with Crippen LogP contribution in [-0.4, -0.2) is 0 Å². The third-order valence-electron chi connectivity index (χ3n) is 0. The molecular formula is Fe2Mo3O12. The van der Waals surface area contributed by atoms with Gasteiger partial charge in [-0.3, -0.25) is 0 Å². The standard InChI is InChI=1S/2Fe.3Mo.12O/q2*+3;;;;;;;;;;6*-1. The Kier molecular flexibility index (Phi) is 23.3. The maximum absolute atomic E-state index is 8.63. The first kappa shape index (κ1) is 31.2. The first-order valence-corrected chi connectivity index (χ1v) is 11.8. The van der Waals surface area contributed by atoms with Gasteiger partial charge in [0.2, 0.25) is 0 Å². The van der Waals surface area contributed by atoms with Crippen LogP contribution < -0.4 is 22.6 Å². The Labute approximate surface area is 126 Å². The molecule has 0 fully saturated rings. The van der Waals surface area contributed by atoms with Crippen LogP contribution in [0.4, 0.5) is 0 Å². The SMILES string of the molecule is [Fe+3].[Fe+3].[O]=[Mo](=[O])([O-])[O-].[O]=[Mo](=[O])([O-])[O-].[O]=[Mo](=[O])([O-])[O-]. The van der Waals surface area contributed by atoms with Crippen molar-refractivity contribution in [1.82, 2.24) is 0 Å². The summed E-state index contributed by atoms with van der Waals surface area (Å²) >= 11 is -18.1. The molecule has 0 saturated carbocycles. The van der Waals surface area contributed by atoms with Crippen molar-refractivity contribution in [2.24, 2.45) is 0 Å². The van der Waals surface area contributed by atoms with Gasteiger partial charge in [-0.15, -0.1) is 0 Å². The third-order valence-corrected chi connectivity index (χ3v) is 0. The van der Waals surface area contributed by atoms with Gasteiger partial charge in [-0.1, -0.05) is 0 Å². The summed E-state index contributed by atoms with van der Waals surface area (Å²) in [6.07, 6.45) is 0. The molecule has 0 amide bonds. The molecule has 0 rings (SSSR count). The topological polar surface area (TPSA) is 241 Å². The zero-order valence-electron chi connectivity index (χ0n) is 6.83. The number of rotatable bonds is 0. The molecule has 2 radical (unpaired) electrons. The van der Waals surface area contributed by atoms with Gasteiger partial charge >= 0.3 is 127 Å². The zero-order chi connectivity index (χ0) is 13.5. The molecule has 0 spiro atoms. The Morgan fingerprint density at radius 2 is 0.412 bits per heavy atom. The van der Waals surface area contributed by atoms with Crippen LogP contribution >= 0.6 is 0 Å². The van der Waals surface area contributed by atoms with Gasteiger partial charge in [0.25, 0.3) is 0 Å². The van der Waals surface area contributed by atoms with E-state index in [9.17, 15) is 0 Å². The summed E-state index contributed by atoms with van der Waals surface area (Å²) in [5, 5.41) is 0. The van der Waals surface area contributed by atoms with E-state index >= 15 is 0 Å². The molecular weight excluding hydrogens is 591 g/mol. The first-order valence-electron chi connectivity index (χ1n) is 2.00. The van der Waals surface area contributed by atoms with E-state index < -0.39 is 50.2 Å². The molecule has 0 atom stereocenters. The average Bonchev–Trinajstić information content (AvgIpc) is 1.41. The van der Waals surface area contributed by atoms with E-state index in [2.05, 4.69) is 0 Å². The maximum atomic E-state index is 8.63. The summed E-state index contributed by atoms with van der Waals surface area (Å²) in [7, 11) is 0. The third kappa shape index (κ3) is 1570. The van der Waals surface area contributed by atoms with E-state index in [1.807, 2.05) is 0 Å². The Morgan fingerprint density at radius 3 is 0.412 bits per heavy atom. The Morgan fingerprint density at radius 1 is 0.412 bits per heavy atom. The van der Waals surface area contributed by atoms with E-state index in [-0.39, 0.29) is 34.1 Å². The molecule has 12 nitrogen and oxygen atoms in total. The summed E-state index contributed by atoms with van der Waals surface area (Å²) in [5.74, 6) is 0. The van der Waals surface area contributed by atoms with Gasteiger partial charge < -0.3 is 0 Å². The van der Waals surface area contributed by atoms with E-state index in [0.717, 1.165) is 0 Å². The van der Waals surface area contributed by atoms with Crippen molar-refractivity contribution >= 4 is 0 Å². The van der Waals surface area contributed by atoms with Crippen molar-refractivity contribution in [3.8, 4) is 0 Å². The Balaban J connectivity index is -0.0000000400. The van der Waals surface area contributed by atoms with Crippen LogP contribution in [0.3, 0.4) is 0 Å². The quantitative estimate of drug-likeness (QED) is 0.239. The normalized spacial score (nSPS) is 10.2. The van der Waals surface area contributed by atoms with Crippen LogP contribution in [0, 0.1) is 0 Å². The van der Waals surface area contributed by atoms with E-state index in [1.165, 1.54) is 0 Å². The van der Waals surface area contributed by atoms with Crippen LogP contribution in [0.15, 0.2) is 0 Å². The van der Waals surface area contributed by atoms with Crippen LogP contribution in [0.1, 0.15) is 0 Å². The molecule has 0 saturated heterocycles. The fourth-order valence-corrected chi connectivity index (χ4v) is 0. The molecule has 106 valence electrons. The summed E-state index contributed by atoms with van der Waals surface area (Å²) in [5.41, 5.74) is 0. The fraction of sp³-hybridized carbons (Fsp3) is 0. The molecule has 17 heteroatoms. The molecule has 0 bridgehead atoms. The first-order chi connectivity index (χ1) is 6.00. The number of hydrogen-bond acceptors (Lipinski definition) is 12. The summed E-state index contributed by atoms with van der Waals surface area (Å²) in [6, 6.07) is 0. The van der Waals surface area contributed by atoms with Crippen LogP contribution in [0.5, 0.6) is 0 Å². The van der Waals surface area contributed by atoms with Crippen molar-refractivity contribution in [2.45, 2.75) is 0 Å². The van der Waals surface area contributed by atoms with Crippen molar-refractivity contribution in [1.29, 1.82) is 0 Å². The van der Waals surface area contributed by atoms with Crippen LogP contribution in [0.25, 0.3) is 0 Å². The van der Waals surface area contributed by atoms with Crippen LogP contribution in [0.2, 0.25) is 0 Å². The van der Waals surface area contributed by atoms with Gasteiger partial charge in [0.05, 0.1) is 0 Å². The fourth-order valence-electron chi connectivity index (χ4n) is 0. The molecule has 0 unspecified atom stereocenters. The van der Waals surface area contributed by atoms with Gasteiger partial charge in [-0.05, 0) is 0 Å². The molecule has 0 aromatic rings. The molecule has 0 heterocycles. The van der Waals surface area contributed by atoms with Crippen molar-refractivity contribution in [2.75, 3.05) is 0 Å². The second-order valence-corrected chi connectivity index (χ2v) is 7.25. The zero-order valence-corrected chi connectivity index (χ0v) is 15.1. The second kappa shape index (κ2) is 12.7. The van der Waals surface area contributed by atoms with Gasteiger partial charge in [-0.2, -0.15) is 0 Å². The van der Waals surface area contributed by atoms with E-state index in [0.29, 0.717) is 0 Å². The van der Waals surface area contributed by atoms with Gasteiger partial charge in [-0.25, -0.2) is 0 Å². The molecule has 0 aliphatic heterocycles. The van der Waals surface area contributed by atoms with Gasteiger partial charge in [0, 0.05) is 0 Å². The Hall–Kier alpha value is 1.66. The van der Waals surface area contributed by atoms with Crippen molar-refractivity contribution in [3.05, 3.63) is 0 Å². The van der Waals surface area contributed by atoms with Gasteiger partial charge in [0.1, 0.15) is 0 Å².